The number of rotatable bonds is 4. The minimum Gasteiger partial charge on any atom is -0.352 e. The summed E-state index contributed by atoms with van der Waals surface area (Å²) in [5, 5.41) is 11.1. The highest BCUT2D eigenvalue weighted by Gasteiger charge is 2.27. The molecule has 2 aromatic rings. The van der Waals surface area contributed by atoms with Gasteiger partial charge in [-0.3, -0.25) is 19.4 Å². The van der Waals surface area contributed by atoms with E-state index >= 15 is 0 Å². The first-order chi connectivity index (χ1) is 12.8. The number of carbonyl (C=O) groups is 1. The Hall–Kier alpha value is -2.28. The van der Waals surface area contributed by atoms with Gasteiger partial charge in [-0.2, -0.15) is 5.10 Å². The molecule has 138 valence electrons. The van der Waals surface area contributed by atoms with Gasteiger partial charge >= 0.3 is 0 Å². The molecule has 1 atom stereocenters. The molecule has 1 aliphatic heterocycles. The molecule has 3 heterocycles. The van der Waals surface area contributed by atoms with Crippen molar-refractivity contribution in [3.8, 4) is 11.3 Å². The van der Waals surface area contributed by atoms with E-state index < -0.39 is 0 Å². The highest BCUT2D eigenvalue weighted by molar-refractivity contribution is 5.82. The van der Waals surface area contributed by atoms with Crippen LogP contribution in [0.4, 0.5) is 0 Å². The Labute approximate surface area is 153 Å². The van der Waals surface area contributed by atoms with Crippen molar-refractivity contribution in [2.75, 3.05) is 6.54 Å². The van der Waals surface area contributed by atoms with Crippen LogP contribution >= 0.6 is 0 Å². The molecule has 0 bridgehead atoms. The number of hydrogen-bond acceptors (Lipinski definition) is 5. The minimum atomic E-state index is 0.00197. The molecular weight excluding hydrogens is 328 g/mol. The maximum atomic E-state index is 12.4. The average molecular weight is 354 g/mol. The van der Waals surface area contributed by atoms with Crippen LogP contribution in [0.1, 0.15) is 51.0 Å². The highest BCUT2D eigenvalue weighted by atomic mass is 16.2. The van der Waals surface area contributed by atoms with E-state index in [0.717, 1.165) is 56.3 Å². The van der Waals surface area contributed by atoms with Crippen molar-refractivity contribution >= 4 is 5.91 Å². The van der Waals surface area contributed by atoms with Gasteiger partial charge < -0.3 is 10.6 Å². The standard InChI is InChI=1S/C19H26N6O/c26-19(17-3-1-2-8-21-17)24-15-4-6-16(7-5-15)25-13-14(11-23-25)18-12-20-9-10-22-18/h9-13,15-17,21H,1-8H2,(H,24,26)/t15?,16?,17-/m0/s1. The molecule has 7 heteroatoms. The summed E-state index contributed by atoms with van der Waals surface area (Å²) in [5.41, 5.74) is 1.84. The van der Waals surface area contributed by atoms with E-state index in [4.69, 9.17) is 0 Å². The molecular formula is C19H26N6O. The zero-order valence-electron chi connectivity index (χ0n) is 15.0. The second kappa shape index (κ2) is 7.95. The van der Waals surface area contributed by atoms with E-state index in [1.165, 1.54) is 6.42 Å². The van der Waals surface area contributed by atoms with Gasteiger partial charge in [-0.15, -0.1) is 0 Å². The van der Waals surface area contributed by atoms with E-state index in [2.05, 4.69) is 31.9 Å². The summed E-state index contributed by atoms with van der Waals surface area (Å²) in [6.45, 7) is 0.957. The van der Waals surface area contributed by atoms with Gasteiger partial charge in [0.25, 0.3) is 0 Å². The third kappa shape index (κ3) is 3.93. The summed E-state index contributed by atoms with van der Waals surface area (Å²) in [6, 6.07) is 0.681. The van der Waals surface area contributed by atoms with Crippen LogP contribution < -0.4 is 10.6 Å². The molecule has 2 aliphatic rings. The molecule has 0 aromatic carbocycles. The predicted molar refractivity (Wildman–Crippen MR) is 98.3 cm³/mol. The van der Waals surface area contributed by atoms with Crippen LogP contribution in [-0.4, -0.2) is 44.3 Å². The van der Waals surface area contributed by atoms with Crippen LogP contribution in [0, 0.1) is 0 Å². The molecule has 0 radical (unpaired) electrons. The van der Waals surface area contributed by atoms with Crippen LogP contribution in [0.3, 0.4) is 0 Å². The fourth-order valence-corrected chi connectivity index (χ4v) is 3.98. The lowest BCUT2D eigenvalue weighted by Gasteiger charge is -2.31. The number of nitrogens with one attached hydrogen (secondary N) is 2. The predicted octanol–water partition coefficient (Wildman–Crippen LogP) is 2.08. The van der Waals surface area contributed by atoms with Gasteiger partial charge in [0.05, 0.1) is 30.2 Å². The molecule has 7 nitrogen and oxygen atoms in total. The lowest BCUT2D eigenvalue weighted by Crippen LogP contribution is -2.50. The van der Waals surface area contributed by atoms with Crippen molar-refractivity contribution in [3.63, 3.8) is 0 Å². The molecule has 1 saturated heterocycles. The Balaban J connectivity index is 1.30. The lowest BCUT2D eigenvalue weighted by atomic mass is 9.91. The first kappa shape index (κ1) is 17.1. The quantitative estimate of drug-likeness (QED) is 0.878. The zero-order valence-corrected chi connectivity index (χ0v) is 15.0. The molecule has 0 spiro atoms. The van der Waals surface area contributed by atoms with Crippen LogP contribution in [0.25, 0.3) is 11.3 Å². The Kier molecular flexibility index (Phi) is 5.24. The third-order valence-corrected chi connectivity index (χ3v) is 5.50. The second-order valence-electron chi connectivity index (χ2n) is 7.32. The van der Waals surface area contributed by atoms with E-state index in [1.807, 2.05) is 10.9 Å². The summed E-state index contributed by atoms with van der Waals surface area (Å²) < 4.78 is 2.05. The maximum absolute atomic E-state index is 12.4. The second-order valence-corrected chi connectivity index (χ2v) is 7.32. The van der Waals surface area contributed by atoms with Crippen molar-refractivity contribution < 1.29 is 4.79 Å². The first-order valence-electron chi connectivity index (χ1n) is 9.64. The molecule has 1 aliphatic carbocycles. The number of hydrogen-bond donors (Lipinski definition) is 2. The van der Waals surface area contributed by atoms with Crippen LogP contribution in [0.5, 0.6) is 0 Å². The summed E-state index contributed by atoms with van der Waals surface area (Å²) >= 11 is 0. The van der Waals surface area contributed by atoms with Gasteiger partial charge in [-0.25, -0.2) is 0 Å². The molecule has 2 fully saturated rings. The zero-order chi connectivity index (χ0) is 17.8. The third-order valence-electron chi connectivity index (χ3n) is 5.50. The fourth-order valence-electron chi connectivity index (χ4n) is 3.98. The number of amides is 1. The van der Waals surface area contributed by atoms with Gasteiger partial charge in [0.15, 0.2) is 0 Å². The number of piperidine rings is 1. The molecule has 2 aromatic heterocycles. The monoisotopic (exact) mass is 354 g/mol. The maximum Gasteiger partial charge on any atom is 0.237 e. The van der Waals surface area contributed by atoms with E-state index in [-0.39, 0.29) is 18.0 Å². The smallest absolute Gasteiger partial charge is 0.237 e. The molecule has 4 rings (SSSR count). The van der Waals surface area contributed by atoms with E-state index in [9.17, 15) is 4.79 Å². The van der Waals surface area contributed by atoms with Crippen LogP contribution in [0.2, 0.25) is 0 Å². The molecule has 2 N–H and O–H groups in total. The Morgan fingerprint density at radius 1 is 1.12 bits per heavy atom. The Morgan fingerprint density at radius 3 is 2.73 bits per heavy atom. The first-order valence-corrected chi connectivity index (χ1v) is 9.64. The molecule has 1 saturated carbocycles. The number of carbonyl (C=O) groups excluding carboxylic acids is 1. The Bertz CT molecular complexity index is 717. The van der Waals surface area contributed by atoms with Crippen molar-refractivity contribution in [2.45, 2.75) is 63.1 Å². The van der Waals surface area contributed by atoms with Gasteiger partial charge in [0, 0.05) is 30.2 Å². The molecule has 0 unspecified atom stereocenters. The van der Waals surface area contributed by atoms with Gasteiger partial charge in [-0.05, 0) is 45.1 Å². The lowest BCUT2D eigenvalue weighted by molar-refractivity contribution is -0.124. The van der Waals surface area contributed by atoms with E-state index in [1.54, 1.807) is 18.6 Å². The summed E-state index contributed by atoms with van der Waals surface area (Å²) in [5.74, 6) is 0.178. The minimum absolute atomic E-state index is 0.00197. The largest absolute Gasteiger partial charge is 0.352 e. The van der Waals surface area contributed by atoms with Gasteiger partial charge in [0.1, 0.15) is 0 Å². The Morgan fingerprint density at radius 2 is 2.00 bits per heavy atom. The van der Waals surface area contributed by atoms with Crippen molar-refractivity contribution in [1.82, 2.24) is 30.4 Å². The van der Waals surface area contributed by atoms with E-state index in [0.29, 0.717) is 6.04 Å². The number of nitrogens with zero attached hydrogens (tertiary/aromatic N) is 4. The van der Waals surface area contributed by atoms with Crippen LogP contribution in [-0.2, 0) is 4.79 Å². The van der Waals surface area contributed by atoms with Gasteiger partial charge in [0.2, 0.25) is 5.91 Å². The summed E-state index contributed by atoms with van der Waals surface area (Å²) in [7, 11) is 0. The summed E-state index contributed by atoms with van der Waals surface area (Å²) in [6.07, 6.45) is 16.4. The van der Waals surface area contributed by atoms with Crippen molar-refractivity contribution in [2.24, 2.45) is 0 Å². The summed E-state index contributed by atoms with van der Waals surface area (Å²) in [4.78, 5) is 20.8. The highest BCUT2D eigenvalue weighted by Crippen LogP contribution is 2.29. The normalized spacial score (nSPS) is 26.4. The SMILES string of the molecule is O=C(NC1CCC(n2cc(-c3cnccn3)cn2)CC1)[C@@H]1CCCCN1. The van der Waals surface area contributed by atoms with Crippen molar-refractivity contribution in [1.29, 1.82) is 0 Å². The average Bonchev–Trinajstić information content (AvgIpc) is 3.20. The molecule has 1 amide bonds. The fraction of sp³-hybridized carbons (Fsp3) is 0.579. The van der Waals surface area contributed by atoms with Crippen LogP contribution in [0.15, 0.2) is 31.0 Å². The topological polar surface area (TPSA) is 84.7 Å². The van der Waals surface area contributed by atoms with Crippen molar-refractivity contribution in [3.05, 3.63) is 31.0 Å². The molecule has 26 heavy (non-hydrogen) atoms. The van der Waals surface area contributed by atoms with Gasteiger partial charge in [-0.1, -0.05) is 6.42 Å². The number of aromatic nitrogens is 4.